The first-order valence-electron chi connectivity index (χ1n) is 7.63. The zero-order valence-electron chi connectivity index (χ0n) is 12.9. The molecule has 0 fully saturated rings. The van der Waals surface area contributed by atoms with Gasteiger partial charge in [-0.15, -0.1) is 0 Å². The van der Waals surface area contributed by atoms with Gasteiger partial charge in [-0.25, -0.2) is 0 Å². The van der Waals surface area contributed by atoms with Crippen molar-refractivity contribution < 1.29 is 0 Å². The molecule has 2 nitrogen and oxygen atoms in total. The van der Waals surface area contributed by atoms with Gasteiger partial charge in [0, 0.05) is 19.1 Å². The van der Waals surface area contributed by atoms with E-state index in [0.717, 1.165) is 13.1 Å². The second-order valence-electron chi connectivity index (χ2n) is 5.64. The zero-order valence-corrected chi connectivity index (χ0v) is 12.9. The van der Waals surface area contributed by atoms with Crippen LogP contribution < -0.4 is 5.73 Å². The molecule has 0 aliphatic rings. The third kappa shape index (κ3) is 6.22. The fourth-order valence-corrected chi connectivity index (χ4v) is 2.44. The van der Waals surface area contributed by atoms with Crippen molar-refractivity contribution in [2.75, 3.05) is 13.6 Å². The topological polar surface area (TPSA) is 29.3 Å². The number of aryl methyl sites for hydroxylation is 1. The van der Waals surface area contributed by atoms with E-state index < -0.39 is 0 Å². The van der Waals surface area contributed by atoms with E-state index in [2.05, 4.69) is 50.1 Å². The molecule has 0 saturated heterocycles. The lowest BCUT2D eigenvalue weighted by Crippen LogP contribution is -2.37. The molecule has 1 aromatic carbocycles. The monoisotopic (exact) mass is 262 g/mol. The first kappa shape index (κ1) is 16.2. The van der Waals surface area contributed by atoms with Crippen LogP contribution in [0.2, 0.25) is 0 Å². The molecule has 108 valence electrons. The van der Waals surface area contributed by atoms with Gasteiger partial charge < -0.3 is 5.73 Å². The molecule has 1 aromatic rings. The Balaban J connectivity index is 2.40. The van der Waals surface area contributed by atoms with Gasteiger partial charge in [0.15, 0.2) is 0 Å². The van der Waals surface area contributed by atoms with Crippen molar-refractivity contribution in [1.82, 2.24) is 4.90 Å². The summed E-state index contributed by atoms with van der Waals surface area (Å²) in [5, 5.41) is 0. The quantitative estimate of drug-likeness (QED) is 0.687. The molecule has 0 heterocycles. The van der Waals surface area contributed by atoms with Crippen LogP contribution in [0.3, 0.4) is 0 Å². The van der Waals surface area contributed by atoms with Crippen molar-refractivity contribution in [3.63, 3.8) is 0 Å². The van der Waals surface area contributed by atoms with E-state index in [1.165, 1.54) is 43.2 Å². The molecule has 1 rings (SSSR count). The van der Waals surface area contributed by atoms with Gasteiger partial charge in [-0.05, 0) is 26.0 Å². The number of nitrogens with zero attached hydrogens (tertiary/aromatic N) is 1. The summed E-state index contributed by atoms with van der Waals surface area (Å²) in [6.45, 7) is 6.14. The number of likely N-dealkylation sites (N-methyl/N-ethyl adjacent to an activating group) is 1. The van der Waals surface area contributed by atoms with E-state index in [4.69, 9.17) is 5.73 Å². The average Bonchev–Trinajstić information content (AvgIpc) is 2.41. The Morgan fingerprint density at radius 2 is 1.79 bits per heavy atom. The maximum atomic E-state index is 5.92. The minimum absolute atomic E-state index is 0.512. The van der Waals surface area contributed by atoms with E-state index >= 15 is 0 Å². The van der Waals surface area contributed by atoms with Gasteiger partial charge in [0.1, 0.15) is 0 Å². The van der Waals surface area contributed by atoms with Gasteiger partial charge >= 0.3 is 0 Å². The van der Waals surface area contributed by atoms with Crippen molar-refractivity contribution in [3.8, 4) is 0 Å². The van der Waals surface area contributed by atoms with E-state index in [9.17, 15) is 0 Å². The van der Waals surface area contributed by atoms with Crippen molar-refractivity contribution in [2.24, 2.45) is 5.73 Å². The third-order valence-corrected chi connectivity index (χ3v) is 3.84. The standard InChI is InChI=1S/C17H30N2/c1-4-5-6-7-8-17(13-18)19(3)14-16-11-9-15(2)10-12-16/h9-12,17H,4-8,13-14,18H2,1-3H3. The van der Waals surface area contributed by atoms with Gasteiger partial charge in [-0.2, -0.15) is 0 Å². The third-order valence-electron chi connectivity index (χ3n) is 3.84. The van der Waals surface area contributed by atoms with Gasteiger partial charge in [0.2, 0.25) is 0 Å². The Bertz CT molecular complexity index is 332. The van der Waals surface area contributed by atoms with Crippen LogP contribution in [-0.4, -0.2) is 24.5 Å². The van der Waals surface area contributed by atoms with Crippen LogP contribution in [0.15, 0.2) is 24.3 Å². The molecule has 2 N–H and O–H groups in total. The van der Waals surface area contributed by atoms with Crippen molar-refractivity contribution in [2.45, 2.75) is 58.5 Å². The summed E-state index contributed by atoms with van der Waals surface area (Å²) in [7, 11) is 2.19. The summed E-state index contributed by atoms with van der Waals surface area (Å²) in [5.74, 6) is 0. The fraction of sp³-hybridized carbons (Fsp3) is 0.647. The number of hydrogen-bond acceptors (Lipinski definition) is 2. The first-order chi connectivity index (χ1) is 9.17. The molecule has 1 unspecified atom stereocenters. The number of rotatable bonds is 9. The molecular weight excluding hydrogens is 232 g/mol. The van der Waals surface area contributed by atoms with Crippen LogP contribution in [0, 0.1) is 6.92 Å². The number of nitrogens with two attached hydrogens (primary N) is 1. The van der Waals surface area contributed by atoms with E-state index in [-0.39, 0.29) is 0 Å². The van der Waals surface area contributed by atoms with Crippen molar-refractivity contribution in [3.05, 3.63) is 35.4 Å². The molecule has 19 heavy (non-hydrogen) atoms. The Morgan fingerprint density at radius 1 is 1.11 bits per heavy atom. The summed E-state index contributed by atoms with van der Waals surface area (Å²) in [4.78, 5) is 2.40. The highest BCUT2D eigenvalue weighted by Crippen LogP contribution is 2.13. The summed E-state index contributed by atoms with van der Waals surface area (Å²) < 4.78 is 0. The first-order valence-corrected chi connectivity index (χ1v) is 7.63. The van der Waals surface area contributed by atoms with E-state index in [0.29, 0.717) is 6.04 Å². The second kappa shape index (κ2) is 9.11. The molecule has 0 amide bonds. The highest BCUT2D eigenvalue weighted by Gasteiger charge is 2.12. The lowest BCUT2D eigenvalue weighted by Gasteiger charge is -2.27. The van der Waals surface area contributed by atoms with Gasteiger partial charge in [-0.3, -0.25) is 4.90 Å². The van der Waals surface area contributed by atoms with Crippen LogP contribution in [0.25, 0.3) is 0 Å². The molecule has 0 aliphatic carbocycles. The van der Waals surface area contributed by atoms with E-state index in [1.54, 1.807) is 0 Å². The Morgan fingerprint density at radius 3 is 2.37 bits per heavy atom. The highest BCUT2D eigenvalue weighted by molar-refractivity contribution is 5.21. The fourth-order valence-electron chi connectivity index (χ4n) is 2.44. The summed E-state index contributed by atoms with van der Waals surface area (Å²) in [5.41, 5.74) is 8.62. The average molecular weight is 262 g/mol. The molecule has 0 saturated carbocycles. The summed E-state index contributed by atoms with van der Waals surface area (Å²) in [6.07, 6.45) is 6.50. The Hall–Kier alpha value is -0.860. The maximum Gasteiger partial charge on any atom is 0.0234 e. The maximum absolute atomic E-state index is 5.92. The Kier molecular flexibility index (Phi) is 7.76. The van der Waals surface area contributed by atoms with Crippen LogP contribution in [0.1, 0.15) is 50.2 Å². The minimum Gasteiger partial charge on any atom is -0.329 e. The predicted molar refractivity (Wildman–Crippen MR) is 84.2 cm³/mol. The molecule has 0 aromatic heterocycles. The van der Waals surface area contributed by atoms with Gasteiger partial charge in [0.25, 0.3) is 0 Å². The molecule has 0 aliphatic heterocycles. The number of benzene rings is 1. The number of hydrogen-bond donors (Lipinski definition) is 1. The molecule has 0 bridgehead atoms. The predicted octanol–water partition coefficient (Wildman–Crippen LogP) is 3.72. The highest BCUT2D eigenvalue weighted by atomic mass is 15.1. The van der Waals surface area contributed by atoms with Gasteiger partial charge in [0.05, 0.1) is 0 Å². The second-order valence-corrected chi connectivity index (χ2v) is 5.64. The summed E-state index contributed by atoms with van der Waals surface area (Å²) in [6, 6.07) is 9.31. The Labute approximate surface area is 119 Å². The summed E-state index contributed by atoms with van der Waals surface area (Å²) >= 11 is 0. The number of unbranched alkanes of at least 4 members (excludes halogenated alkanes) is 3. The van der Waals surface area contributed by atoms with Crippen LogP contribution in [0.5, 0.6) is 0 Å². The van der Waals surface area contributed by atoms with E-state index in [1.807, 2.05) is 0 Å². The van der Waals surface area contributed by atoms with Crippen molar-refractivity contribution >= 4 is 0 Å². The lowest BCUT2D eigenvalue weighted by molar-refractivity contribution is 0.222. The lowest BCUT2D eigenvalue weighted by atomic mass is 10.1. The minimum atomic E-state index is 0.512. The molecule has 2 heteroatoms. The molecule has 0 radical (unpaired) electrons. The van der Waals surface area contributed by atoms with Crippen LogP contribution in [-0.2, 0) is 6.54 Å². The van der Waals surface area contributed by atoms with Gasteiger partial charge in [-0.1, -0.05) is 62.4 Å². The van der Waals surface area contributed by atoms with Crippen molar-refractivity contribution in [1.29, 1.82) is 0 Å². The normalized spacial score (nSPS) is 12.9. The smallest absolute Gasteiger partial charge is 0.0234 e. The molecule has 1 atom stereocenters. The largest absolute Gasteiger partial charge is 0.329 e. The SMILES string of the molecule is CCCCCCC(CN)N(C)Cc1ccc(C)cc1. The molecular formula is C17H30N2. The van der Waals surface area contributed by atoms with Crippen LogP contribution in [0.4, 0.5) is 0 Å². The zero-order chi connectivity index (χ0) is 14.1. The van der Waals surface area contributed by atoms with Crippen LogP contribution >= 0.6 is 0 Å². The molecule has 0 spiro atoms.